The van der Waals surface area contributed by atoms with Crippen molar-refractivity contribution in [3.05, 3.63) is 76.1 Å². The van der Waals surface area contributed by atoms with Crippen molar-refractivity contribution in [3.63, 3.8) is 0 Å². The van der Waals surface area contributed by atoms with Gasteiger partial charge < -0.3 is 10.7 Å². The number of nitrogens with zero attached hydrogens (tertiary/aromatic N) is 2. The first-order valence-electron chi connectivity index (χ1n) is 10.7. The lowest BCUT2D eigenvalue weighted by Crippen LogP contribution is -2.27. The van der Waals surface area contributed by atoms with Crippen LogP contribution in [0, 0.1) is 17.2 Å². The molecule has 31 heavy (non-hydrogen) atoms. The number of pyridine rings is 2. The van der Waals surface area contributed by atoms with Crippen LogP contribution in [0.25, 0.3) is 12.2 Å². The average Bonchev–Trinajstić information content (AvgIpc) is 2.78. The molecule has 0 saturated carbocycles. The van der Waals surface area contributed by atoms with Crippen molar-refractivity contribution in [2.45, 2.75) is 41.0 Å². The lowest BCUT2D eigenvalue weighted by atomic mass is 9.93. The third-order valence-corrected chi connectivity index (χ3v) is 5.18. The zero-order chi connectivity index (χ0) is 22.8. The van der Waals surface area contributed by atoms with Crippen molar-refractivity contribution in [1.82, 2.24) is 9.97 Å². The Morgan fingerprint density at radius 3 is 2.45 bits per heavy atom. The van der Waals surface area contributed by atoms with Gasteiger partial charge in [-0.1, -0.05) is 45.9 Å². The molecule has 0 fully saturated rings. The first kappa shape index (κ1) is 23.9. The third-order valence-electron chi connectivity index (χ3n) is 5.18. The van der Waals surface area contributed by atoms with Gasteiger partial charge >= 0.3 is 0 Å². The van der Waals surface area contributed by atoms with Gasteiger partial charge in [-0.15, -0.1) is 0 Å². The van der Waals surface area contributed by atoms with Gasteiger partial charge in [0, 0.05) is 30.4 Å². The van der Waals surface area contributed by atoms with Crippen LogP contribution in [0.2, 0.25) is 0 Å². The molecule has 2 N–H and O–H groups in total. The van der Waals surface area contributed by atoms with Gasteiger partial charge in [0.25, 0.3) is 5.91 Å². The van der Waals surface area contributed by atoms with Crippen molar-refractivity contribution in [3.8, 4) is 0 Å². The van der Waals surface area contributed by atoms with Gasteiger partial charge in [0.1, 0.15) is 5.82 Å². The predicted octanol–water partition coefficient (Wildman–Crippen LogP) is 4.51. The summed E-state index contributed by atoms with van der Waals surface area (Å²) in [6.45, 7) is 10.6. The quantitative estimate of drug-likeness (QED) is 0.491. The van der Waals surface area contributed by atoms with E-state index >= 15 is 0 Å². The summed E-state index contributed by atoms with van der Waals surface area (Å²) in [6, 6.07) is 5.20. The number of allylic oxidation sites excluding steroid dienone is 4. The Morgan fingerprint density at radius 2 is 1.87 bits per heavy atom. The Balaban J connectivity index is 2.50. The van der Waals surface area contributed by atoms with Crippen LogP contribution in [-0.2, 0) is 0 Å². The van der Waals surface area contributed by atoms with Crippen molar-refractivity contribution in [2.75, 3.05) is 5.32 Å². The SMILES string of the molecule is C/C=C(\C=c1\cc(NC(=O)c2ccncc2)nc\c1=C/CC)C(/C=N)=C/C(C)C(C)C. The standard InChI is InChI=1S/C26H32N4O/c1-6-8-22-17-29-25(30-26(31)21-9-11-28-12-10-21)15-23(22)14-20(7-2)24(16-27)13-19(5)18(3)4/h7-19,27H,6H2,1-5H3,(H,30,31)/b20-7+,22-8+,23-14-,24-13+,27-16?. The topological polar surface area (TPSA) is 78.7 Å². The summed E-state index contributed by atoms with van der Waals surface area (Å²) in [4.78, 5) is 20.9. The smallest absolute Gasteiger partial charge is 0.256 e. The second-order valence-electron chi connectivity index (χ2n) is 7.76. The van der Waals surface area contributed by atoms with E-state index in [1.807, 2.05) is 19.1 Å². The minimum atomic E-state index is -0.231. The van der Waals surface area contributed by atoms with Crippen LogP contribution >= 0.6 is 0 Å². The summed E-state index contributed by atoms with van der Waals surface area (Å²) >= 11 is 0. The molecule has 0 spiro atoms. The van der Waals surface area contributed by atoms with Crippen LogP contribution in [0.5, 0.6) is 0 Å². The summed E-state index contributed by atoms with van der Waals surface area (Å²) in [5, 5.41) is 12.7. The number of carbonyl (C=O) groups excluding carboxylic acids is 1. The van der Waals surface area contributed by atoms with E-state index in [1.54, 1.807) is 30.7 Å². The Hall–Kier alpha value is -3.34. The van der Waals surface area contributed by atoms with Crippen LogP contribution in [0.1, 0.15) is 51.4 Å². The average molecular weight is 417 g/mol. The second-order valence-corrected chi connectivity index (χ2v) is 7.76. The predicted molar refractivity (Wildman–Crippen MR) is 130 cm³/mol. The minimum absolute atomic E-state index is 0.231. The van der Waals surface area contributed by atoms with E-state index in [4.69, 9.17) is 5.41 Å². The number of rotatable bonds is 8. The van der Waals surface area contributed by atoms with Gasteiger partial charge in [0.2, 0.25) is 0 Å². The molecule has 0 aromatic carbocycles. The van der Waals surface area contributed by atoms with E-state index in [0.717, 1.165) is 28.0 Å². The molecule has 2 aromatic rings. The molecule has 2 rings (SSSR count). The Bertz CT molecular complexity index is 1080. The zero-order valence-electron chi connectivity index (χ0n) is 19.0. The highest BCUT2D eigenvalue weighted by molar-refractivity contribution is 6.03. The maximum atomic E-state index is 12.5. The molecule has 2 heterocycles. The van der Waals surface area contributed by atoms with Crippen molar-refractivity contribution in [2.24, 2.45) is 11.8 Å². The molecule has 0 aliphatic carbocycles. The molecule has 2 aromatic heterocycles. The number of nitrogens with one attached hydrogen (secondary N) is 2. The number of hydrogen-bond donors (Lipinski definition) is 2. The summed E-state index contributed by atoms with van der Waals surface area (Å²) in [7, 11) is 0. The fourth-order valence-electron chi connectivity index (χ4n) is 2.96. The fourth-order valence-corrected chi connectivity index (χ4v) is 2.96. The van der Waals surface area contributed by atoms with E-state index in [-0.39, 0.29) is 5.91 Å². The molecule has 1 amide bonds. The van der Waals surface area contributed by atoms with Gasteiger partial charge in [-0.2, -0.15) is 0 Å². The van der Waals surface area contributed by atoms with Crippen molar-refractivity contribution < 1.29 is 4.79 Å². The van der Waals surface area contributed by atoms with Gasteiger partial charge in [-0.3, -0.25) is 9.78 Å². The Labute approximate surface area is 184 Å². The number of hydrogen-bond acceptors (Lipinski definition) is 4. The van der Waals surface area contributed by atoms with Crippen LogP contribution in [0.4, 0.5) is 5.82 Å². The molecule has 5 nitrogen and oxygen atoms in total. The molecule has 0 aliphatic rings. The number of aromatic nitrogens is 2. The summed E-state index contributed by atoms with van der Waals surface area (Å²) in [5.41, 5.74) is 2.37. The monoisotopic (exact) mass is 416 g/mol. The molecule has 0 bridgehead atoms. The zero-order valence-corrected chi connectivity index (χ0v) is 19.0. The molecule has 0 saturated heterocycles. The number of amides is 1. The van der Waals surface area contributed by atoms with Gasteiger partial charge in [-0.25, -0.2) is 4.98 Å². The first-order chi connectivity index (χ1) is 14.9. The lowest BCUT2D eigenvalue weighted by Gasteiger charge is -2.13. The van der Waals surface area contributed by atoms with Crippen molar-refractivity contribution >= 4 is 30.1 Å². The summed E-state index contributed by atoms with van der Waals surface area (Å²) in [6.07, 6.45) is 15.5. The number of anilines is 1. The van der Waals surface area contributed by atoms with E-state index in [2.05, 4.69) is 61.2 Å². The molecular weight excluding hydrogens is 384 g/mol. The van der Waals surface area contributed by atoms with Crippen LogP contribution in [-0.4, -0.2) is 22.1 Å². The van der Waals surface area contributed by atoms with E-state index < -0.39 is 0 Å². The van der Waals surface area contributed by atoms with Crippen molar-refractivity contribution in [1.29, 1.82) is 5.41 Å². The lowest BCUT2D eigenvalue weighted by molar-refractivity contribution is 0.102. The summed E-state index contributed by atoms with van der Waals surface area (Å²) in [5.74, 6) is 1.10. The molecule has 0 aliphatic heterocycles. The number of carbonyl (C=O) groups is 1. The molecule has 5 heteroatoms. The Morgan fingerprint density at radius 1 is 1.16 bits per heavy atom. The first-order valence-corrected chi connectivity index (χ1v) is 10.7. The fraction of sp³-hybridized carbons (Fsp3) is 0.308. The highest BCUT2D eigenvalue weighted by Crippen LogP contribution is 2.18. The third kappa shape index (κ3) is 6.85. The van der Waals surface area contributed by atoms with Crippen LogP contribution < -0.4 is 15.8 Å². The maximum Gasteiger partial charge on any atom is 0.256 e. The van der Waals surface area contributed by atoms with E-state index in [0.29, 0.717) is 23.2 Å². The highest BCUT2D eigenvalue weighted by Gasteiger charge is 2.08. The highest BCUT2D eigenvalue weighted by atomic mass is 16.1. The minimum Gasteiger partial charge on any atom is -0.308 e. The normalized spacial score (nSPS) is 14.6. The molecular formula is C26H32N4O. The molecule has 1 atom stereocenters. The van der Waals surface area contributed by atoms with Gasteiger partial charge in [0.05, 0.1) is 0 Å². The molecule has 0 radical (unpaired) electrons. The molecule has 1 unspecified atom stereocenters. The Kier molecular flexibility index (Phi) is 9.07. The molecule has 162 valence electrons. The van der Waals surface area contributed by atoms with Gasteiger partial charge in [0.15, 0.2) is 0 Å². The van der Waals surface area contributed by atoms with Crippen LogP contribution in [0.3, 0.4) is 0 Å². The largest absolute Gasteiger partial charge is 0.308 e. The second kappa shape index (κ2) is 11.7. The van der Waals surface area contributed by atoms with E-state index in [9.17, 15) is 4.79 Å². The summed E-state index contributed by atoms with van der Waals surface area (Å²) < 4.78 is 0. The van der Waals surface area contributed by atoms with Crippen LogP contribution in [0.15, 0.2) is 60.1 Å². The van der Waals surface area contributed by atoms with E-state index in [1.165, 1.54) is 6.21 Å². The van der Waals surface area contributed by atoms with Gasteiger partial charge in [-0.05, 0) is 71.0 Å². The maximum absolute atomic E-state index is 12.5.